The van der Waals surface area contributed by atoms with Crippen LogP contribution < -0.4 is 5.73 Å². The van der Waals surface area contributed by atoms with Gasteiger partial charge in [0.15, 0.2) is 17.1 Å². The Morgan fingerprint density at radius 2 is 2.09 bits per heavy atom. The molecule has 2 N–H and O–H groups in total. The SMILES string of the molecule is C=C/C(C)=C\C=C(/C)c1cc2nc(N)c3ncn(C)c3n2n1. The van der Waals surface area contributed by atoms with E-state index < -0.39 is 0 Å². The third-order valence-electron chi connectivity index (χ3n) is 3.60. The van der Waals surface area contributed by atoms with Crippen molar-refractivity contribution in [1.82, 2.24) is 24.1 Å². The monoisotopic (exact) mass is 294 g/mol. The van der Waals surface area contributed by atoms with E-state index in [1.54, 1.807) is 10.8 Å². The van der Waals surface area contributed by atoms with Gasteiger partial charge in [0.05, 0.1) is 12.0 Å². The molecule has 0 spiro atoms. The third kappa shape index (κ3) is 2.18. The minimum Gasteiger partial charge on any atom is -0.382 e. The highest BCUT2D eigenvalue weighted by atomic mass is 15.3. The molecule has 0 fully saturated rings. The van der Waals surface area contributed by atoms with Crippen molar-refractivity contribution in [2.45, 2.75) is 13.8 Å². The van der Waals surface area contributed by atoms with Crippen molar-refractivity contribution in [3.63, 3.8) is 0 Å². The Labute approximate surface area is 128 Å². The molecule has 3 aromatic heterocycles. The Hall–Kier alpha value is -2.89. The van der Waals surface area contributed by atoms with Crippen LogP contribution in [0.5, 0.6) is 0 Å². The molecule has 0 aliphatic carbocycles. The summed E-state index contributed by atoms with van der Waals surface area (Å²) < 4.78 is 3.66. The Kier molecular flexibility index (Phi) is 3.29. The summed E-state index contributed by atoms with van der Waals surface area (Å²) in [5, 5.41) is 4.63. The molecule has 112 valence electrons. The average molecular weight is 294 g/mol. The molecule has 0 radical (unpaired) electrons. The summed E-state index contributed by atoms with van der Waals surface area (Å²) in [4.78, 5) is 8.65. The smallest absolute Gasteiger partial charge is 0.167 e. The first-order chi connectivity index (χ1) is 10.5. The quantitative estimate of drug-likeness (QED) is 0.754. The second-order valence-electron chi connectivity index (χ2n) is 5.29. The standard InChI is InChI=1S/C16H18N6/c1-5-10(2)6-7-11(3)12-8-13-19-15(17)14-16(22(13)20-12)21(4)9-18-14/h5-9H,1H2,2-4H3,(H2,17,19)/b10-6-,11-7+. The summed E-state index contributed by atoms with van der Waals surface area (Å²) in [7, 11) is 1.91. The number of hydrogen-bond donors (Lipinski definition) is 1. The number of hydrogen-bond acceptors (Lipinski definition) is 4. The molecular formula is C16H18N6. The van der Waals surface area contributed by atoms with Gasteiger partial charge in [-0.25, -0.2) is 9.97 Å². The lowest BCUT2D eigenvalue weighted by molar-refractivity contribution is 0.872. The molecule has 0 saturated heterocycles. The van der Waals surface area contributed by atoms with Crippen molar-refractivity contribution in [2.24, 2.45) is 7.05 Å². The molecule has 0 aliphatic rings. The minimum atomic E-state index is 0.415. The van der Waals surface area contributed by atoms with Crippen LogP contribution in [0.1, 0.15) is 19.5 Å². The van der Waals surface area contributed by atoms with Crippen LogP contribution in [-0.2, 0) is 7.05 Å². The predicted molar refractivity (Wildman–Crippen MR) is 89.3 cm³/mol. The predicted octanol–water partition coefficient (Wildman–Crippen LogP) is 2.73. The van der Waals surface area contributed by atoms with Gasteiger partial charge in [-0.3, -0.25) is 0 Å². The molecule has 0 bridgehead atoms. The topological polar surface area (TPSA) is 74.0 Å². The second-order valence-corrected chi connectivity index (χ2v) is 5.29. The van der Waals surface area contributed by atoms with Crippen molar-refractivity contribution in [3.8, 4) is 0 Å². The molecule has 22 heavy (non-hydrogen) atoms. The minimum absolute atomic E-state index is 0.415. The van der Waals surface area contributed by atoms with Gasteiger partial charge >= 0.3 is 0 Å². The number of anilines is 1. The number of rotatable bonds is 3. The highest BCUT2D eigenvalue weighted by Gasteiger charge is 2.13. The van der Waals surface area contributed by atoms with Gasteiger partial charge in [0, 0.05) is 13.1 Å². The molecule has 6 heteroatoms. The number of nitrogens with two attached hydrogens (primary N) is 1. The van der Waals surface area contributed by atoms with Crippen LogP contribution in [-0.4, -0.2) is 24.1 Å². The molecule has 0 atom stereocenters. The average Bonchev–Trinajstić information content (AvgIpc) is 3.08. The van der Waals surface area contributed by atoms with Gasteiger partial charge in [-0.1, -0.05) is 30.4 Å². The van der Waals surface area contributed by atoms with E-state index in [2.05, 4.69) is 21.6 Å². The number of allylic oxidation sites excluding steroid dienone is 5. The van der Waals surface area contributed by atoms with Crippen LogP contribution >= 0.6 is 0 Å². The lowest BCUT2D eigenvalue weighted by Crippen LogP contribution is -2.01. The van der Waals surface area contributed by atoms with E-state index in [-0.39, 0.29) is 0 Å². The molecule has 0 amide bonds. The fourth-order valence-corrected chi connectivity index (χ4v) is 2.24. The number of aryl methyl sites for hydroxylation is 1. The van der Waals surface area contributed by atoms with Gasteiger partial charge in [0.2, 0.25) is 0 Å². The second kappa shape index (κ2) is 5.14. The molecule has 0 saturated carbocycles. The van der Waals surface area contributed by atoms with Crippen LogP contribution in [0.3, 0.4) is 0 Å². The largest absolute Gasteiger partial charge is 0.382 e. The molecule has 6 nitrogen and oxygen atoms in total. The number of aromatic nitrogens is 5. The van der Waals surface area contributed by atoms with E-state index in [1.807, 2.05) is 49.8 Å². The van der Waals surface area contributed by atoms with Gasteiger partial charge in [-0.2, -0.15) is 9.61 Å². The van der Waals surface area contributed by atoms with E-state index in [0.29, 0.717) is 17.0 Å². The zero-order valence-corrected chi connectivity index (χ0v) is 12.9. The van der Waals surface area contributed by atoms with Gasteiger partial charge in [-0.15, -0.1) is 0 Å². The summed E-state index contributed by atoms with van der Waals surface area (Å²) in [5.74, 6) is 0.415. The zero-order valence-electron chi connectivity index (χ0n) is 12.9. The van der Waals surface area contributed by atoms with Gasteiger partial charge in [0.25, 0.3) is 0 Å². The van der Waals surface area contributed by atoms with Crippen molar-refractivity contribution in [3.05, 3.63) is 48.5 Å². The highest BCUT2D eigenvalue weighted by molar-refractivity contribution is 5.85. The summed E-state index contributed by atoms with van der Waals surface area (Å²) in [6, 6.07) is 1.92. The van der Waals surface area contributed by atoms with Gasteiger partial charge in [-0.05, 0) is 19.4 Å². The fourth-order valence-electron chi connectivity index (χ4n) is 2.24. The Morgan fingerprint density at radius 3 is 2.82 bits per heavy atom. The van der Waals surface area contributed by atoms with E-state index in [9.17, 15) is 0 Å². The summed E-state index contributed by atoms with van der Waals surface area (Å²) in [5.41, 5.74) is 11.2. The Bertz CT molecular complexity index is 939. The van der Waals surface area contributed by atoms with Crippen molar-refractivity contribution >= 4 is 28.2 Å². The highest BCUT2D eigenvalue weighted by Crippen LogP contribution is 2.22. The van der Waals surface area contributed by atoms with Crippen molar-refractivity contribution in [1.29, 1.82) is 0 Å². The molecule has 0 aliphatic heterocycles. The van der Waals surface area contributed by atoms with Crippen LogP contribution in [0.4, 0.5) is 5.82 Å². The van der Waals surface area contributed by atoms with E-state index in [1.165, 1.54) is 0 Å². The summed E-state index contributed by atoms with van der Waals surface area (Å²) in [6.07, 6.45) is 7.55. The van der Waals surface area contributed by atoms with Gasteiger partial charge in [0.1, 0.15) is 5.52 Å². The molecule has 3 rings (SSSR count). The maximum atomic E-state index is 5.97. The number of nitrogen functional groups attached to an aromatic ring is 1. The van der Waals surface area contributed by atoms with Gasteiger partial charge < -0.3 is 10.3 Å². The Morgan fingerprint density at radius 1 is 1.32 bits per heavy atom. The lowest BCUT2D eigenvalue weighted by atomic mass is 10.2. The van der Waals surface area contributed by atoms with Crippen molar-refractivity contribution < 1.29 is 0 Å². The first-order valence-corrected chi connectivity index (χ1v) is 6.95. The number of imidazole rings is 1. The van der Waals surface area contributed by atoms with Crippen LogP contribution in [0, 0.1) is 0 Å². The summed E-state index contributed by atoms with van der Waals surface area (Å²) >= 11 is 0. The number of nitrogens with zero attached hydrogens (tertiary/aromatic N) is 5. The maximum absolute atomic E-state index is 5.97. The molecular weight excluding hydrogens is 276 g/mol. The van der Waals surface area contributed by atoms with Crippen molar-refractivity contribution in [2.75, 3.05) is 5.73 Å². The molecule has 3 aromatic rings. The molecule has 0 aromatic carbocycles. The van der Waals surface area contributed by atoms with Crippen LogP contribution in [0.2, 0.25) is 0 Å². The Balaban J connectivity index is 2.20. The summed E-state index contributed by atoms with van der Waals surface area (Å²) in [6.45, 7) is 7.76. The lowest BCUT2D eigenvalue weighted by Gasteiger charge is -2.00. The number of fused-ring (bicyclic) bond motifs is 3. The molecule has 0 unspecified atom stereocenters. The van der Waals surface area contributed by atoms with E-state index in [0.717, 1.165) is 22.5 Å². The van der Waals surface area contributed by atoms with Crippen LogP contribution in [0.25, 0.3) is 22.4 Å². The van der Waals surface area contributed by atoms with Crippen LogP contribution in [0.15, 0.2) is 42.8 Å². The maximum Gasteiger partial charge on any atom is 0.167 e. The molecule has 3 heterocycles. The zero-order chi connectivity index (χ0) is 15.9. The normalized spacial score (nSPS) is 13.2. The van der Waals surface area contributed by atoms with E-state index >= 15 is 0 Å². The first kappa shape index (κ1) is 14.1. The first-order valence-electron chi connectivity index (χ1n) is 6.95. The fraction of sp³-hybridized carbons (Fsp3) is 0.188. The third-order valence-corrected chi connectivity index (χ3v) is 3.60. The van der Waals surface area contributed by atoms with E-state index in [4.69, 9.17) is 5.73 Å².